The minimum atomic E-state index is 0.498. The topological polar surface area (TPSA) is 24.1 Å². The molecular formula is C18H26N2. The fourth-order valence-electron chi connectivity index (χ4n) is 4.76. The zero-order valence-electron chi connectivity index (χ0n) is 12.5. The predicted octanol–water partition coefficient (Wildman–Crippen LogP) is 3.11. The molecule has 2 bridgehead atoms. The molecule has 5 rings (SSSR count). The minimum absolute atomic E-state index is 0.498. The van der Waals surface area contributed by atoms with Crippen LogP contribution in [0.15, 0.2) is 24.3 Å². The van der Waals surface area contributed by atoms with Gasteiger partial charge in [-0.15, -0.1) is 0 Å². The molecular weight excluding hydrogens is 244 g/mol. The predicted molar refractivity (Wildman–Crippen MR) is 82.9 cm³/mol. The number of hydrogen-bond acceptors (Lipinski definition) is 2. The Morgan fingerprint density at radius 3 is 2.60 bits per heavy atom. The summed E-state index contributed by atoms with van der Waals surface area (Å²) in [6.45, 7) is 1.05. The first-order chi connectivity index (χ1) is 9.74. The third kappa shape index (κ3) is 1.93. The molecule has 0 amide bonds. The van der Waals surface area contributed by atoms with E-state index < -0.39 is 0 Å². The maximum absolute atomic E-state index is 3.73. The average molecular weight is 270 g/mol. The Hall–Kier alpha value is -0.860. The van der Waals surface area contributed by atoms with Crippen LogP contribution >= 0.6 is 0 Å². The van der Waals surface area contributed by atoms with Crippen LogP contribution in [0.5, 0.6) is 0 Å². The summed E-state index contributed by atoms with van der Waals surface area (Å²) in [6.07, 6.45) is 9.59. The van der Waals surface area contributed by atoms with Crippen molar-refractivity contribution in [3.8, 4) is 0 Å². The lowest BCUT2D eigenvalue weighted by Gasteiger charge is -2.71. The summed E-state index contributed by atoms with van der Waals surface area (Å²) in [5.74, 6) is 0. The standard InChI is InChI=1S/C18H26N2/c1-19-18-11-17(12-18,13-18)15-6-4-5-14(9-15)10-20-16-7-2-3-8-16/h4-6,9,16,19-20H,2-3,7-8,10-13H2,1H3. The molecule has 0 radical (unpaired) electrons. The summed E-state index contributed by atoms with van der Waals surface area (Å²) >= 11 is 0. The van der Waals surface area contributed by atoms with Gasteiger partial charge in [-0.1, -0.05) is 37.1 Å². The molecule has 4 aliphatic carbocycles. The van der Waals surface area contributed by atoms with E-state index in [2.05, 4.69) is 41.9 Å². The van der Waals surface area contributed by atoms with E-state index in [1.54, 1.807) is 5.56 Å². The molecule has 4 aliphatic rings. The van der Waals surface area contributed by atoms with Crippen molar-refractivity contribution >= 4 is 0 Å². The van der Waals surface area contributed by atoms with Crippen molar-refractivity contribution in [3.63, 3.8) is 0 Å². The van der Waals surface area contributed by atoms with Crippen LogP contribution in [-0.2, 0) is 12.0 Å². The number of benzene rings is 1. The zero-order chi connectivity index (χ0) is 13.6. The van der Waals surface area contributed by atoms with E-state index in [4.69, 9.17) is 0 Å². The van der Waals surface area contributed by atoms with Gasteiger partial charge in [-0.2, -0.15) is 0 Å². The van der Waals surface area contributed by atoms with Gasteiger partial charge in [-0.25, -0.2) is 0 Å². The Morgan fingerprint density at radius 2 is 1.90 bits per heavy atom. The molecule has 2 nitrogen and oxygen atoms in total. The van der Waals surface area contributed by atoms with E-state index >= 15 is 0 Å². The van der Waals surface area contributed by atoms with E-state index in [1.165, 1.54) is 50.5 Å². The molecule has 0 aliphatic heterocycles. The van der Waals surface area contributed by atoms with Crippen molar-refractivity contribution in [2.75, 3.05) is 7.05 Å². The third-order valence-electron chi connectivity index (χ3n) is 6.05. The number of hydrogen-bond donors (Lipinski definition) is 2. The fourth-order valence-corrected chi connectivity index (χ4v) is 4.76. The normalized spacial score (nSPS) is 35.6. The van der Waals surface area contributed by atoms with Crippen molar-refractivity contribution in [2.24, 2.45) is 0 Å². The highest BCUT2D eigenvalue weighted by Gasteiger charge is 2.67. The number of rotatable bonds is 5. The molecule has 0 heterocycles. The number of nitrogens with one attached hydrogen (secondary N) is 2. The second-order valence-corrected chi connectivity index (χ2v) is 7.40. The minimum Gasteiger partial charge on any atom is -0.314 e. The van der Waals surface area contributed by atoms with Crippen molar-refractivity contribution in [2.45, 2.75) is 68.5 Å². The molecule has 2 heteroatoms. The largest absolute Gasteiger partial charge is 0.314 e. The second kappa shape index (κ2) is 4.57. The first kappa shape index (κ1) is 12.8. The van der Waals surface area contributed by atoms with Crippen LogP contribution in [0.3, 0.4) is 0 Å². The van der Waals surface area contributed by atoms with Crippen LogP contribution in [0, 0.1) is 0 Å². The van der Waals surface area contributed by atoms with Gasteiger partial charge in [-0.05, 0) is 50.3 Å². The van der Waals surface area contributed by atoms with Gasteiger partial charge in [0.2, 0.25) is 0 Å². The van der Waals surface area contributed by atoms with E-state index in [0.717, 1.165) is 12.6 Å². The van der Waals surface area contributed by atoms with Crippen LogP contribution in [-0.4, -0.2) is 18.6 Å². The molecule has 0 unspecified atom stereocenters. The molecule has 108 valence electrons. The van der Waals surface area contributed by atoms with Gasteiger partial charge in [-0.3, -0.25) is 0 Å². The van der Waals surface area contributed by atoms with Crippen molar-refractivity contribution in [3.05, 3.63) is 35.4 Å². The van der Waals surface area contributed by atoms with Crippen LogP contribution in [0.4, 0.5) is 0 Å². The van der Waals surface area contributed by atoms with Gasteiger partial charge in [0.15, 0.2) is 0 Å². The molecule has 1 aromatic rings. The molecule has 0 atom stereocenters. The molecule has 20 heavy (non-hydrogen) atoms. The van der Waals surface area contributed by atoms with Crippen molar-refractivity contribution < 1.29 is 0 Å². The summed E-state index contributed by atoms with van der Waals surface area (Å²) in [5.41, 5.74) is 4.07. The Bertz CT molecular complexity index is 482. The molecule has 0 spiro atoms. The van der Waals surface area contributed by atoms with Crippen LogP contribution in [0.2, 0.25) is 0 Å². The SMILES string of the molecule is CNC12CC(c3cccc(CNC4CCCC4)c3)(C1)C2. The first-order valence-corrected chi connectivity index (χ1v) is 8.25. The summed E-state index contributed by atoms with van der Waals surface area (Å²) in [5, 5.41) is 7.23. The summed E-state index contributed by atoms with van der Waals surface area (Å²) in [4.78, 5) is 0. The molecule has 2 N–H and O–H groups in total. The molecule has 0 saturated heterocycles. The second-order valence-electron chi connectivity index (χ2n) is 7.40. The van der Waals surface area contributed by atoms with Gasteiger partial charge in [0.05, 0.1) is 0 Å². The lowest BCUT2D eigenvalue weighted by molar-refractivity contribution is -0.0831. The van der Waals surface area contributed by atoms with E-state index in [-0.39, 0.29) is 0 Å². The van der Waals surface area contributed by atoms with Gasteiger partial charge in [0, 0.05) is 23.5 Å². The van der Waals surface area contributed by atoms with Crippen LogP contribution in [0.25, 0.3) is 0 Å². The van der Waals surface area contributed by atoms with E-state index in [1.807, 2.05) is 0 Å². The van der Waals surface area contributed by atoms with Gasteiger partial charge in [0.25, 0.3) is 0 Å². The summed E-state index contributed by atoms with van der Waals surface area (Å²) in [6, 6.07) is 10.1. The Morgan fingerprint density at radius 1 is 1.15 bits per heavy atom. The van der Waals surface area contributed by atoms with E-state index in [0.29, 0.717) is 11.0 Å². The first-order valence-electron chi connectivity index (χ1n) is 8.25. The molecule has 4 saturated carbocycles. The average Bonchev–Trinajstić information content (AvgIpc) is 2.87. The summed E-state index contributed by atoms with van der Waals surface area (Å²) < 4.78 is 0. The van der Waals surface area contributed by atoms with Crippen LogP contribution in [0.1, 0.15) is 56.1 Å². The Kier molecular flexibility index (Phi) is 2.94. The van der Waals surface area contributed by atoms with Gasteiger partial charge < -0.3 is 10.6 Å². The smallest absolute Gasteiger partial charge is 0.0208 e. The molecule has 0 aromatic heterocycles. The van der Waals surface area contributed by atoms with Gasteiger partial charge in [0.1, 0.15) is 0 Å². The van der Waals surface area contributed by atoms with Gasteiger partial charge >= 0.3 is 0 Å². The van der Waals surface area contributed by atoms with Crippen molar-refractivity contribution in [1.29, 1.82) is 0 Å². The Balaban J connectivity index is 1.41. The highest BCUT2D eigenvalue weighted by atomic mass is 15.0. The molecule has 1 aromatic carbocycles. The monoisotopic (exact) mass is 270 g/mol. The zero-order valence-corrected chi connectivity index (χ0v) is 12.5. The maximum atomic E-state index is 3.73. The molecule has 4 fully saturated rings. The van der Waals surface area contributed by atoms with E-state index in [9.17, 15) is 0 Å². The fraction of sp³-hybridized carbons (Fsp3) is 0.667. The summed E-state index contributed by atoms with van der Waals surface area (Å²) in [7, 11) is 2.12. The maximum Gasteiger partial charge on any atom is 0.0208 e. The van der Waals surface area contributed by atoms with Crippen molar-refractivity contribution in [1.82, 2.24) is 10.6 Å². The Labute approximate surface area is 122 Å². The highest BCUT2D eigenvalue weighted by Crippen LogP contribution is 2.67. The lowest BCUT2D eigenvalue weighted by Crippen LogP contribution is -2.75. The third-order valence-corrected chi connectivity index (χ3v) is 6.05. The van der Waals surface area contributed by atoms with Crippen LogP contribution < -0.4 is 10.6 Å². The highest BCUT2D eigenvalue weighted by molar-refractivity contribution is 5.43. The lowest BCUT2D eigenvalue weighted by atomic mass is 9.37. The quantitative estimate of drug-likeness (QED) is 0.859.